The van der Waals surface area contributed by atoms with Gasteiger partial charge in [0.15, 0.2) is 11.0 Å². The number of hydrogen-bond acceptors (Lipinski definition) is 4. The Morgan fingerprint density at radius 3 is 2.77 bits per heavy atom. The maximum absolute atomic E-state index is 13.2. The lowest BCUT2D eigenvalue weighted by Gasteiger charge is -2.08. The summed E-state index contributed by atoms with van der Waals surface area (Å²) in [6.07, 6.45) is 3.24. The fourth-order valence-electron chi connectivity index (χ4n) is 2.69. The van der Waals surface area contributed by atoms with Gasteiger partial charge in [0.05, 0.1) is 0 Å². The Hall–Kier alpha value is -1.37. The molecule has 0 unspecified atom stereocenters. The summed E-state index contributed by atoms with van der Waals surface area (Å²) in [6.45, 7) is 5.19. The van der Waals surface area contributed by atoms with Gasteiger partial charge in [-0.3, -0.25) is 0 Å². The van der Waals surface area contributed by atoms with E-state index in [1.165, 1.54) is 17.0 Å². The van der Waals surface area contributed by atoms with Gasteiger partial charge in [-0.05, 0) is 36.6 Å². The molecule has 0 atom stereocenters. The van der Waals surface area contributed by atoms with Crippen LogP contribution in [0, 0.1) is 5.82 Å². The van der Waals surface area contributed by atoms with Crippen LogP contribution in [-0.4, -0.2) is 14.8 Å². The van der Waals surface area contributed by atoms with Gasteiger partial charge in [-0.2, -0.15) is 0 Å². The van der Waals surface area contributed by atoms with Crippen LogP contribution < -0.4 is 0 Å². The van der Waals surface area contributed by atoms with Crippen molar-refractivity contribution in [1.29, 1.82) is 0 Å². The lowest BCUT2D eigenvalue weighted by Crippen LogP contribution is -2.01. The summed E-state index contributed by atoms with van der Waals surface area (Å²) >= 11 is 9.49. The minimum absolute atomic E-state index is 0.319. The second-order valence-electron chi connectivity index (χ2n) is 6.03. The first-order chi connectivity index (χ1) is 12.6. The minimum atomic E-state index is -0.319. The van der Waals surface area contributed by atoms with Crippen molar-refractivity contribution >= 4 is 34.7 Å². The molecule has 138 valence electrons. The molecule has 0 spiro atoms. The molecule has 0 aliphatic carbocycles. The monoisotopic (exact) mass is 409 g/mol. The Kier molecular flexibility index (Phi) is 6.73. The third-order valence-electron chi connectivity index (χ3n) is 3.94. The molecule has 3 aromatic rings. The second kappa shape index (κ2) is 9.02. The van der Waals surface area contributed by atoms with Crippen LogP contribution in [0.2, 0.25) is 5.02 Å². The zero-order valence-electron chi connectivity index (χ0n) is 14.8. The van der Waals surface area contributed by atoms with Gasteiger partial charge in [-0.25, -0.2) is 4.39 Å². The van der Waals surface area contributed by atoms with Crippen molar-refractivity contribution in [2.45, 2.75) is 50.6 Å². The van der Waals surface area contributed by atoms with Crippen LogP contribution in [0.5, 0.6) is 0 Å². The predicted octanol–water partition coefficient (Wildman–Crippen LogP) is 6.45. The van der Waals surface area contributed by atoms with E-state index in [0.717, 1.165) is 47.9 Å². The van der Waals surface area contributed by atoms with Crippen molar-refractivity contribution < 1.29 is 4.39 Å². The van der Waals surface area contributed by atoms with Crippen molar-refractivity contribution in [1.82, 2.24) is 14.8 Å². The van der Waals surface area contributed by atoms with E-state index < -0.39 is 0 Å². The van der Waals surface area contributed by atoms with Gasteiger partial charge < -0.3 is 4.57 Å². The zero-order chi connectivity index (χ0) is 18.5. The van der Waals surface area contributed by atoms with Gasteiger partial charge in [0, 0.05) is 33.1 Å². The summed E-state index contributed by atoms with van der Waals surface area (Å²) < 4.78 is 15.4. The van der Waals surface area contributed by atoms with Gasteiger partial charge in [0.1, 0.15) is 5.82 Å². The average molecular weight is 410 g/mol. The lowest BCUT2D eigenvalue weighted by atomic mass is 10.2. The Bertz CT molecular complexity index is 876. The maximum atomic E-state index is 13.2. The Balaban J connectivity index is 1.82. The summed E-state index contributed by atoms with van der Waals surface area (Å²) in [5.41, 5.74) is 2.03. The van der Waals surface area contributed by atoms with E-state index >= 15 is 0 Å². The minimum Gasteiger partial charge on any atom is -0.302 e. The molecule has 0 saturated heterocycles. The molecule has 0 radical (unpaired) electrons. The van der Waals surface area contributed by atoms with Crippen LogP contribution in [-0.2, 0) is 18.7 Å². The van der Waals surface area contributed by atoms with E-state index in [1.807, 2.05) is 0 Å². The van der Waals surface area contributed by atoms with Crippen LogP contribution in [0.15, 0.2) is 34.8 Å². The highest BCUT2D eigenvalue weighted by Gasteiger charge is 2.16. The third-order valence-corrected chi connectivity index (χ3v) is 6.31. The highest BCUT2D eigenvalue weighted by molar-refractivity contribution is 7.98. The SMILES string of the molecule is CCCc1cc(-c2nnc(SCc3ccc(F)cc3Cl)n2CCC)cs1. The standard InChI is InChI=1S/C19H21ClFN3S2/c1-3-5-16-9-14(12-25-16)18-22-23-19(24(18)8-4-2)26-11-13-6-7-15(21)10-17(13)20/h6-7,9-10,12H,3-5,8,11H2,1-2H3. The molecule has 0 aliphatic heterocycles. The number of hydrogen-bond donors (Lipinski definition) is 0. The molecule has 0 aliphatic rings. The quantitative estimate of drug-likeness (QED) is 0.400. The topological polar surface area (TPSA) is 30.7 Å². The molecule has 26 heavy (non-hydrogen) atoms. The van der Waals surface area contributed by atoms with Crippen molar-refractivity contribution in [2.75, 3.05) is 0 Å². The number of halogens is 2. The Morgan fingerprint density at radius 2 is 2.04 bits per heavy atom. The highest BCUT2D eigenvalue weighted by atomic mass is 35.5. The normalized spacial score (nSPS) is 11.2. The van der Waals surface area contributed by atoms with E-state index in [0.29, 0.717) is 10.8 Å². The van der Waals surface area contributed by atoms with Gasteiger partial charge in [-0.15, -0.1) is 21.5 Å². The number of thiophene rings is 1. The number of benzene rings is 1. The second-order valence-corrected chi connectivity index (χ2v) is 8.38. The first-order valence-electron chi connectivity index (χ1n) is 8.70. The Morgan fingerprint density at radius 1 is 1.19 bits per heavy atom. The van der Waals surface area contributed by atoms with E-state index in [1.54, 1.807) is 29.2 Å². The Labute approximate surface area is 166 Å². The molecule has 0 fully saturated rings. The number of rotatable bonds is 8. The van der Waals surface area contributed by atoms with Crippen LogP contribution in [0.1, 0.15) is 37.1 Å². The van der Waals surface area contributed by atoms with Crippen molar-refractivity contribution in [3.8, 4) is 11.4 Å². The maximum Gasteiger partial charge on any atom is 0.191 e. The van der Waals surface area contributed by atoms with Gasteiger partial charge >= 0.3 is 0 Å². The highest BCUT2D eigenvalue weighted by Crippen LogP contribution is 2.31. The summed E-state index contributed by atoms with van der Waals surface area (Å²) in [5.74, 6) is 1.23. The van der Waals surface area contributed by atoms with E-state index in [-0.39, 0.29) is 5.82 Å². The molecule has 1 aromatic carbocycles. The number of aromatic nitrogens is 3. The van der Waals surface area contributed by atoms with Crippen LogP contribution in [0.4, 0.5) is 4.39 Å². The first kappa shape index (κ1) is 19.4. The average Bonchev–Trinajstić information content (AvgIpc) is 3.22. The smallest absolute Gasteiger partial charge is 0.191 e. The fourth-order valence-corrected chi connectivity index (χ4v) is 4.94. The van der Waals surface area contributed by atoms with Crippen molar-refractivity contribution in [2.24, 2.45) is 0 Å². The molecule has 7 heteroatoms. The largest absolute Gasteiger partial charge is 0.302 e. The van der Waals surface area contributed by atoms with Gasteiger partial charge in [0.25, 0.3) is 0 Å². The van der Waals surface area contributed by atoms with Gasteiger partial charge in [-0.1, -0.05) is 49.7 Å². The number of nitrogens with zero attached hydrogens (tertiary/aromatic N) is 3. The first-order valence-corrected chi connectivity index (χ1v) is 10.9. The molecule has 2 aromatic heterocycles. The van der Waals surface area contributed by atoms with E-state index in [9.17, 15) is 4.39 Å². The van der Waals surface area contributed by atoms with Crippen LogP contribution >= 0.6 is 34.7 Å². The molecular formula is C19H21ClFN3S2. The number of aryl methyl sites for hydroxylation is 1. The molecule has 0 bridgehead atoms. The van der Waals surface area contributed by atoms with Crippen molar-refractivity contribution in [3.05, 3.63) is 50.9 Å². The fraction of sp³-hybridized carbons (Fsp3) is 0.368. The van der Waals surface area contributed by atoms with E-state index in [4.69, 9.17) is 11.6 Å². The molecule has 2 heterocycles. The molecule has 0 amide bonds. The van der Waals surface area contributed by atoms with Crippen LogP contribution in [0.25, 0.3) is 11.4 Å². The molecule has 3 nitrogen and oxygen atoms in total. The third kappa shape index (κ3) is 4.48. The lowest BCUT2D eigenvalue weighted by molar-refractivity contribution is 0.625. The summed E-state index contributed by atoms with van der Waals surface area (Å²) in [7, 11) is 0. The molecule has 0 N–H and O–H groups in total. The predicted molar refractivity (Wildman–Crippen MR) is 109 cm³/mol. The van der Waals surface area contributed by atoms with E-state index in [2.05, 4.69) is 40.1 Å². The molecular weight excluding hydrogens is 389 g/mol. The van der Waals surface area contributed by atoms with Crippen LogP contribution in [0.3, 0.4) is 0 Å². The zero-order valence-corrected chi connectivity index (χ0v) is 17.2. The van der Waals surface area contributed by atoms with Crippen molar-refractivity contribution in [3.63, 3.8) is 0 Å². The number of thioether (sulfide) groups is 1. The molecule has 0 saturated carbocycles. The summed E-state index contributed by atoms with van der Waals surface area (Å²) in [4.78, 5) is 1.38. The summed E-state index contributed by atoms with van der Waals surface area (Å²) in [6, 6.07) is 6.72. The molecule has 3 rings (SSSR count). The van der Waals surface area contributed by atoms with Gasteiger partial charge in [0.2, 0.25) is 0 Å². The summed E-state index contributed by atoms with van der Waals surface area (Å²) in [5, 5.41) is 12.3.